The topological polar surface area (TPSA) is 151 Å². The van der Waals surface area contributed by atoms with Crippen LogP contribution < -0.4 is 21.7 Å². The number of ketones is 1. The van der Waals surface area contributed by atoms with E-state index in [9.17, 15) is 24.0 Å². The van der Waals surface area contributed by atoms with Crippen LogP contribution in [0, 0.1) is 29.1 Å². The van der Waals surface area contributed by atoms with Crippen LogP contribution in [0.15, 0.2) is 0 Å². The van der Waals surface area contributed by atoms with Gasteiger partial charge in [-0.05, 0) is 62.2 Å². The first-order chi connectivity index (χ1) is 17.9. The SMILES string of the molecule is CC(C)NC(=O)NC(C(=O)N1CC2C(C1C(=O)NC(CC1CCC1)C(=O)C(N)=O)C2(C)C)C1CCCCC1. The highest BCUT2D eigenvalue weighted by molar-refractivity contribution is 6.37. The summed E-state index contributed by atoms with van der Waals surface area (Å²) in [4.78, 5) is 66.5. The third-order valence-electron chi connectivity index (χ3n) is 9.52. The second-order valence-electron chi connectivity index (χ2n) is 12.9. The Kier molecular flexibility index (Phi) is 8.37. The second kappa shape index (κ2) is 11.2. The fourth-order valence-corrected chi connectivity index (χ4v) is 7.01. The Labute approximate surface area is 225 Å². The van der Waals surface area contributed by atoms with E-state index in [1.807, 2.05) is 13.8 Å². The number of urea groups is 1. The molecule has 0 aromatic rings. The second-order valence-corrected chi connectivity index (χ2v) is 12.9. The molecule has 1 saturated heterocycles. The van der Waals surface area contributed by atoms with E-state index in [1.165, 1.54) is 0 Å². The highest BCUT2D eigenvalue weighted by Gasteiger charge is 2.69. The molecule has 5 atom stereocenters. The third-order valence-corrected chi connectivity index (χ3v) is 9.52. The van der Waals surface area contributed by atoms with Crippen molar-refractivity contribution in [1.82, 2.24) is 20.9 Å². The normalized spacial score (nSPS) is 28.0. The first-order valence-corrected chi connectivity index (χ1v) is 14.4. The monoisotopic (exact) mass is 531 g/mol. The summed E-state index contributed by atoms with van der Waals surface area (Å²) in [5.41, 5.74) is 5.20. The molecule has 3 saturated carbocycles. The summed E-state index contributed by atoms with van der Waals surface area (Å²) in [5, 5.41) is 8.57. The summed E-state index contributed by atoms with van der Waals surface area (Å²) in [7, 11) is 0. The minimum Gasteiger partial charge on any atom is -0.363 e. The van der Waals surface area contributed by atoms with Crippen LogP contribution in [0.2, 0.25) is 0 Å². The fourth-order valence-electron chi connectivity index (χ4n) is 7.01. The van der Waals surface area contributed by atoms with Crippen LogP contribution in [0.4, 0.5) is 4.79 Å². The number of piperidine rings is 1. The van der Waals surface area contributed by atoms with Crippen LogP contribution in [-0.2, 0) is 19.2 Å². The molecule has 1 aliphatic heterocycles. The van der Waals surface area contributed by atoms with Gasteiger partial charge in [-0.1, -0.05) is 52.4 Å². The average Bonchev–Trinajstić information content (AvgIpc) is 3.16. The Morgan fingerprint density at radius 3 is 2.13 bits per heavy atom. The molecule has 5 N–H and O–H groups in total. The van der Waals surface area contributed by atoms with Crippen LogP contribution in [0.25, 0.3) is 0 Å². The van der Waals surface area contributed by atoms with Gasteiger partial charge in [0.15, 0.2) is 0 Å². The number of likely N-dealkylation sites (tertiary alicyclic amines) is 1. The molecule has 4 fully saturated rings. The molecule has 1 heterocycles. The Balaban J connectivity index is 1.55. The first-order valence-electron chi connectivity index (χ1n) is 14.4. The van der Waals surface area contributed by atoms with Gasteiger partial charge in [-0.3, -0.25) is 19.2 Å². The molecule has 3 aliphatic carbocycles. The van der Waals surface area contributed by atoms with Crippen molar-refractivity contribution in [1.29, 1.82) is 0 Å². The van der Waals surface area contributed by atoms with Gasteiger partial charge in [-0.2, -0.15) is 0 Å². The number of rotatable bonds is 10. The van der Waals surface area contributed by atoms with Crippen LogP contribution in [-0.4, -0.2) is 65.1 Å². The molecule has 0 aromatic heterocycles. The number of nitrogens with zero attached hydrogens (tertiary/aromatic N) is 1. The van der Waals surface area contributed by atoms with Crippen molar-refractivity contribution in [2.24, 2.45) is 34.8 Å². The van der Waals surface area contributed by atoms with Gasteiger partial charge in [0.2, 0.25) is 17.6 Å². The molecule has 5 amide bonds. The Bertz CT molecular complexity index is 955. The summed E-state index contributed by atoms with van der Waals surface area (Å²) in [6.45, 7) is 8.35. The number of primary amides is 1. The van der Waals surface area contributed by atoms with E-state index in [0.29, 0.717) is 13.0 Å². The lowest BCUT2D eigenvalue weighted by atomic mass is 9.80. The summed E-state index contributed by atoms with van der Waals surface area (Å²) in [6, 6.07) is -2.92. The standard InChI is InChI=1S/C28H45N5O5/c1-15(2)30-27(38)32-21(17-11-6-5-7-12-17)26(37)33-14-18-20(28(18,3)4)22(33)25(36)31-19(23(34)24(29)35)13-16-9-8-10-16/h15-22H,5-14H2,1-4H3,(H2,29,35)(H,31,36)(H2,30,32,38). The zero-order valence-electron chi connectivity index (χ0n) is 23.3. The number of hydrogen-bond donors (Lipinski definition) is 4. The van der Waals surface area contributed by atoms with Crippen molar-refractivity contribution >= 4 is 29.5 Å². The predicted molar refractivity (Wildman–Crippen MR) is 142 cm³/mol. The van der Waals surface area contributed by atoms with Crippen LogP contribution in [0.1, 0.15) is 85.5 Å². The average molecular weight is 532 g/mol. The van der Waals surface area contributed by atoms with Crippen LogP contribution in [0.3, 0.4) is 0 Å². The van der Waals surface area contributed by atoms with Crippen molar-refractivity contribution in [3.8, 4) is 0 Å². The molecule has 212 valence electrons. The summed E-state index contributed by atoms with van der Waals surface area (Å²) in [5.74, 6) is -2.11. The van der Waals surface area contributed by atoms with Crippen molar-refractivity contribution in [2.45, 2.75) is 110 Å². The lowest BCUT2D eigenvalue weighted by molar-refractivity contribution is -0.144. The fraction of sp³-hybridized carbons (Fsp3) is 0.821. The molecule has 0 radical (unpaired) electrons. The van der Waals surface area contributed by atoms with E-state index in [-0.39, 0.29) is 47.1 Å². The molecular formula is C28H45N5O5. The maximum Gasteiger partial charge on any atom is 0.315 e. The summed E-state index contributed by atoms with van der Waals surface area (Å²) >= 11 is 0. The van der Waals surface area contributed by atoms with Crippen LogP contribution >= 0.6 is 0 Å². The van der Waals surface area contributed by atoms with Gasteiger partial charge >= 0.3 is 6.03 Å². The number of nitrogens with two attached hydrogens (primary N) is 1. The lowest BCUT2D eigenvalue weighted by Gasteiger charge is -2.37. The van der Waals surface area contributed by atoms with E-state index in [4.69, 9.17) is 5.73 Å². The van der Waals surface area contributed by atoms with Gasteiger partial charge in [-0.25, -0.2) is 4.79 Å². The Morgan fingerprint density at radius 1 is 0.921 bits per heavy atom. The van der Waals surface area contributed by atoms with E-state index >= 15 is 0 Å². The summed E-state index contributed by atoms with van der Waals surface area (Å²) in [6.07, 6.45) is 8.17. The quantitative estimate of drug-likeness (QED) is 0.317. The number of nitrogens with one attached hydrogen (secondary N) is 3. The third kappa shape index (κ3) is 5.83. The zero-order valence-corrected chi connectivity index (χ0v) is 23.3. The number of fused-ring (bicyclic) bond motifs is 1. The molecule has 10 heteroatoms. The minimum absolute atomic E-state index is 0.00520. The Morgan fingerprint density at radius 2 is 1.58 bits per heavy atom. The highest BCUT2D eigenvalue weighted by Crippen LogP contribution is 2.65. The van der Waals surface area contributed by atoms with E-state index < -0.39 is 35.7 Å². The smallest absolute Gasteiger partial charge is 0.315 e. The van der Waals surface area contributed by atoms with Gasteiger partial charge in [0.1, 0.15) is 12.1 Å². The van der Waals surface area contributed by atoms with Crippen molar-refractivity contribution in [3.63, 3.8) is 0 Å². The van der Waals surface area contributed by atoms with Gasteiger partial charge in [-0.15, -0.1) is 0 Å². The number of hydrogen-bond acceptors (Lipinski definition) is 5. The van der Waals surface area contributed by atoms with Gasteiger partial charge in [0.25, 0.3) is 5.91 Å². The summed E-state index contributed by atoms with van der Waals surface area (Å²) < 4.78 is 0. The van der Waals surface area contributed by atoms with E-state index in [2.05, 4.69) is 29.8 Å². The Hall–Kier alpha value is -2.65. The van der Waals surface area contributed by atoms with Gasteiger partial charge in [0, 0.05) is 12.6 Å². The maximum absolute atomic E-state index is 14.1. The molecule has 4 rings (SSSR count). The van der Waals surface area contributed by atoms with Crippen molar-refractivity contribution < 1.29 is 24.0 Å². The van der Waals surface area contributed by atoms with Gasteiger partial charge in [0.05, 0.1) is 6.04 Å². The maximum atomic E-state index is 14.1. The largest absolute Gasteiger partial charge is 0.363 e. The molecule has 4 aliphatic rings. The van der Waals surface area contributed by atoms with E-state index in [1.54, 1.807) is 4.90 Å². The van der Waals surface area contributed by atoms with Crippen molar-refractivity contribution in [3.05, 3.63) is 0 Å². The predicted octanol–water partition coefficient (Wildman–Crippen LogP) is 1.86. The first kappa shape index (κ1) is 28.4. The highest BCUT2D eigenvalue weighted by atomic mass is 16.2. The number of carbonyl (C=O) groups excluding carboxylic acids is 5. The molecule has 0 bridgehead atoms. The zero-order chi connectivity index (χ0) is 27.8. The van der Waals surface area contributed by atoms with Crippen molar-refractivity contribution in [2.75, 3.05) is 6.54 Å². The minimum atomic E-state index is -1.06. The molecule has 38 heavy (non-hydrogen) atoms. The molecule has 10 nitrogen and oxygen atoms in total. The van der Waals surface area contributed by atoms with Gasteiger partial charge < -0.3 is 26.6 Å². The molecule has 0 aromatic carbocycles. The number of Topliss-reactive ketones (excluding diaryl/α,β-unsaturated/α-hetero) is 1. The van der Waals surface area contributed by atoms with E-state index in [0.717, 1.165) is 51.4 Å². The molecule has 0 spiro atoms. The lowest BCUT2D eigenvalue weighted by Crippen LogP contribution is -2.60. The molecule has 5 unspecified atom stereocenters. The number of carbonyl (C=O) groups is 5. The molecular weight excluding hydrogens is 486 g/mol. The number of amides is 5. The van der Waals surface area contributed by atoms with Crippen LogP contribution in [0.5, 0.6) is 0 Å².